The van der Waals surface area contributed by atoms with Crippen LogP contribution in [-0.2, 0) is 37.8 Å². The number of aromatic nitrogens is 3. The van der Waals surface area contributed by atoms with Gasteiger partial charge in [0, 0.05) is 72.4 Å². The van der Waals surface area contributed by atoms with Crippen LogP contribution in [0.15, 0.2) is 24.4 Å². The number of carbonyl (C=O) groups excluding carboxylic acids is 2. The summed E-state index contributed by atoms with van der Waals surface area (Å²) in [4.78, 5) is 27.6. The van der Waals surface area contributed by atoms with Gasteiger partial charge in [0.1, 0.15) is 0 Å². The minimum absolute atomic E-state index is 0.00659. The molecule has 0 saturated carbocycles. The molecular weight excluding hydrogens is 426 g/mol. The van der Waals surface area contributed by atoms with Crippen molar-refractivity contribution >= 4 is 39.3 Å². The molecule has 7 rings (SSSR count). The third-order valence-electron chi connectivity index (χ3n) is 7.76. The molecule has 0 bridgehead atoms. The van der Waals surface area contributed by atoms with Crippen LogP contribution in [0.1, 0.15) is 53.4 Å². The third kappa shape index (κ3) is 2.50. The summed E-state index contributed by atoms with van der Waals surface area (Å²) in [6, 6.07) is 6.44. The molecule has 0 unspecified atom stereocenters. The number of benzene rings is 2. The maximum atomic E-state index is 13.2. The number of amides is 2. The lowest BCUT2D eigenvalue weighted by Gasteiger charge is -2.21. The molecule has 1 aliphatic carbocycles. The fourth-order valence-corrected chi connectivity index (χ4v) is 6.45. The second-order valence-corrected chi connectivity index (χ2v) is 9.78. The minimum atomic E-state index is 0.00659. The third-order valence-corrected chi connectivity index (χ3v) is 7.76. The van der Waals surface area contributed by atoms with Crippen molar-refractivity contribution in [3.8, 4) is 11.1 Å². The maximum Gasteiger partial charge on any atom is 0.252 e. The Morgan fingerprint density at radius 3 is 2.76 bits per heavy atom. The number of hydrogen-bond acceptors (Lipinski definition) is 3. The van der Waals surface area contributed by atoms with Crippen molar-refractivity contribution in [1.82, 2.24) is 19.7 Å². The zero-order chi connectivity index (χ0) is 23.1. The van der Waals surface area contributed by atoms with E-state index in [-0.39, 0.29) is 11.8 Å². The average molecular weight is 454 g/mol. The molecule has 3 aliphatic rings. The number of anilines is 1. The van der Waals surface area contributed by atoms with Crippen molar-refractivity contribution in [1.29, 1.82) is 0 Å². The second-order valence-electron chi connectivity index (χ2n) is 9.78. The zero-order valence-electron chi connectivity index (χ0n) is 19.6. The lowest BCUT2D eigenvalue weighted by molar-refractivity contribution is -0.117. The summed E-state index contributed by atoms with van der Waals surface area (Å²) in [7, 11) is 1.95. The van der Waals surface area contributed by atoms with Crippen LogP contribution in [0.3, 0.4) is 0 Å². The van der Waals surface area contributed by atoms with Crippen LogP contribution in [0.25, 0.3) is 32.9 Å². The molecule has 0 atom stereocenters. The topological polar surface area (TPSA) is 72.2 Å². The van der Waals surface area contributed by atoms with Crippen LogP contribution in [0.4, 0.5) is 5.69 Å². The average Bonchev–Trinajstić information content (AvgIpc) is 3.58. The van der Waals surface area contributed by atoms with E-state index in [1.807, 2.05) is 16.6 Å². The number of hydrogen-bond donors (Lipinski definition) is 1. The van der Waals surface area contributed by atoms with Crippen LogP contribution in [-0.4, -0.2) is 32.7 Å². The van der Waals surface area contributed by atoms with Gasteiger partial charge in [0.15, 0.2) is 0 Å². The van der Waals surface area contributed by atoms with E-state index in [4.69, 9.17) is 0 Å². The summed E-state index contributed by atoms with van der Waals surface area (Å²) in [5.41, 5.74) is 9.79. The van der Waals surface area contributed by atoms with Gasteiger partial charge in [-0.05, 0) is 55.0 Å². The van der Waals surface area contributed by atoms with Crippen LogP contribution in [0, 0.1) is 0 Å². The summed E-state index contributed by atoms with van der Waals surface area (Å²) in [5.74, 6) is 0.201. The molecule has 2 aromatic heterocycles. The van der Waals surface area contributed by atoms with Gasteiger partial charge in [0.05, 0.1) is 16.8 Å². The number of rotatable bonds is 3. The van der Waals surface area contributed by atoms with E-state index in [0.29, 0.717) is 13.0 Å². The van der Waals surface area contributed by atoms with Crippen molar-refractivity contribution in [3.63, 3.8) is 0 Å². The van der Waals surface area contributed by atoms with Gasteiger partial charge in [-0.2, -0.15) is 5.10 Å². The molecule has 4 aromatic rings. The molecule has 34 heavy (non-hydrogen) atoms. The fourth-order valence-electron chi connectivity index (χ4n) is 6.45. The summed E-state index contributed by atoms with van der Waals surface area (Å²) in [6.45, 7) is 4.43. The Balaban J connectivity index is 1.62. The van der Waals surface area contributed by atoms with Crippen LogP contribution in [0.5, 0.6) is 0 Å². The number of fused-ring (bicyclic) bond motifs is 10. The van der Waals surface area contributed by atoms with Gasteiger partial charge in [-0.3, -0.25) is 14.3 Å². The highest BCUT2D eigenvalue weighted by atomic mass is 16.2. The van der Waals surface area contributed by atoms with Crippen LogP contribution >= 0.6 is 0 Å². The largest absolute Gasteiger partial charge is 0.348 e. The molecule has 1 N–H and O–H groups in total. The van der Waals surface area contributed by atoms with Crippen LogP contribution < -0.4 is 10.2 Å². The van der Waals surface area contributed by atoms with Gasteiger partial charge < -0.3 is 14.8 Å². The van der Waals surface area contributed by atoms with E-state index >= 15 is 0 Å². The van der Waals surface area contributed by atoms with Crippen molar-refractivity contribution in [2.45, 2.75) is 52.1 Å². The Morgan fingerprint density at radius 2 is 1.97 bits per heavy atom. The summed E-state index contributed by atoms with van der Waals surface area (Å²) in [6.07, 6.45) is 6.35. The Kier molecular flexibility index (Phi) is 4.05. The quantitative estimate of drug-likeness (QED) is 0.508. The van der Waals surface area contributed by atoms with E-state index < -0.39 is 0 Å². The first-order valence-corrected chi connectivity index (χ1v) is 12.3. The lowest BCUT2D eigenvalue weighted by atomic mass is 9.82. The van der Waals surface area contributed by atoms with E-state index in [0.717, 1.165) is 77.8 Å². The number of nitrogens with zero attached hydrogens (tertiary/aromatic N) is 4. The molecule has 7 heteroatoms. The summed E-state index contributed by atoms with van der Waals surface area (Å²) < 4.78 is 4.31. The van der Waals surface area contributed by atoms with Crippen molar-refractivity contribution in [2.75, 3.05) is 11.4 Å². The van der Waals surface area contributed by atoms with E-state index in [9.17, 15) is 9.59 Å². The standard InChI is InChI=1S/C27H27N5O2/c1-3-10-32-21-9-6-15(31-11-4-5-22(31)33)12-17(21)24-18-13-28-27(34)25(18)23-16(26(24)32)7-8-20-19(23)14-30(2)29-20/h6,9,12,14H,3-5,7-8,10-11,13H2,1-2H3,(H,28,34). The predicted octanol–water partition coefficient (Wildman–Crippen LogP) is 4.07. The Labute approximate surface area is 197 Å². The molecular formula is C27H27N5O2. The van der Waals surface area contributed by atoms with E-state index in [2.05, 4.69) is 46.3 Å². The van der Waals surface area contributed by atoms with Gasteiger partial charge in [-0.15, -0.1) is 0 Å². The summed E-state index contributed by atoms with van der Waals surface area (Å²) in [5, 5.41) is 10.1. The Hall–Kier alpha value is -3.61. The number of aryl methyl sites for hydroxylation is 4. The van der Waals surface area contributed by atoms with Gasteiger partial charge in [-0.25, -0.2) is 0 Å². The molecule has 2 amide bonds. The first-order valence-electron chi connectivity index (χ1n) is 12.3. The van der Waals surface area contributed by atoms with Gasteiger partial charge in [0.25, 0.3) is 5.91 Å². The molecule has 4 heterocycles. The van der Waals surface area contributed by atoms with Crippen molar-refractivity contribution in [3.05, 3.63) is 46.8 Å². The van der Waals surface area contributed by atoms with Crippen LogP contribution in [0.2, 0.25) is 0 Å². The smallest absolute Gasteiger partial charge is 0.252 e. The van der Waals surface area contributed by atoms with E-state index in [1.165, 1.54) is 22.0 Å². The summed E-state index contributed by atoms with van der Waals surface area (Å²) >= 11 is 0. The van der Waals surface area contributed by atoms with Crippen molar-refractivity contribution < 1.29 is 9.59 Å². The molecule has 0 radical (unpaired) electrons. The fraction of sp³-hybridized carbons (Fsp3) is 0.370. The molecule has 172 valence electrons. The highest BCUT2D eigenvalue weighted by molar-refractivity contribution is 6.20. The van der Waals surface area contributed by atoms with Crippen molar-refractivity contribution in [2.24, 2.45) is 7.05 Å². The molecule has 2 aliphatic heterocycles. The molecule has 1 saturated heterocycles. The highest BCUT2D eigenvalue weighted by Gasteiger charge is 2.35. The SMILES string of the molecule is CCCn1c2ccc(N3CCCC3=O)cc2c2c3c(c4c(c21)CCc1nn(C)cc1-4)C(=O)NC3. The van der Waals surface area contributed by atoms with Gasteiger partial charge in [0.2, 0.25) is 5.91 Å². The van der Waals surface area contributed by atoms with Gasteiger partial charge in [-0.1, -0.05) is 6.92 Å². The molecule has 2 aromatic carbocycles. The first kappa shape index (κ1) is 19.8. The van der Waals surface area contributed by atoms with E-state index in [1.54, 1.807) is 0 Å². The van der Waals surface area contributed by atoms with Gasteiger partial charge >= 0.3 is 0 Å². The normalized spacial score (nSPS) is 16.9. The number of carbonyl (C=O) groups is 2. The monoisotopic (exact) mass is 453 g/mol. The molecule has 1 fully saturated rings. The lowest BCUT2D eigenvalue weighted by Crippen LogP contribution is -2.23. The minimum Gasteiger partial charge on any atom is -0.348 e. The first-order chi connectivity index (χ1) is 16.6. The number of nitrogens with one attached hydrogen (secondary N) is 1. The second kappa shape index (κ2) is 6.95. The Bertz CT molecular complexity index is 1560. The maximum absolute atomic E-state index is 13.2. The predicted molar refractivity (Wildman–Crippen MR) is 132 cm³/mol. The Morgan fingerprint density at radius 1 is 1.09 bits per heavy atom. The molecule has 7 nitrogen and oxygen atoms in total. The zero-order valence-corrected chi connectivity index (χ0v) is 19.6. The highest BCUT2D eigenvalue weighted by Crippen LogP contribution is 2.47. The molecule has 0 spiro atoms.